The Balaban J connectivity index is 2.51. The number of hydrogen-bond acceptors (Lipinski definition) is 6. The van der Waals surface area contributed by atoms with Crippen LogP contribution >= 0.6 is 11.3 Å². The topological polar surface area (TPSA) is 64.5 Å². The van der Waals surface area contributed by atoms with Crippen LogP contribution < -0.4 is 0 Å². The van der Waals surface area contributed by atoms with Crippen LogP contribution in [0.15, 0.2) is 17.5 Å². The molecule has 1 aromatic heterocycles. The van der Waals surface area contributed by atoms with Crippen LogP contribution in [0.3, 0.4) is 0 Å². The van der Waals surface area contributed by atoms with Crippen molar-refractivity contribution in [3.63, 3.8) is 0 Å². The highest BCUT2D eigenvalue weighted by Gasteiger charge is 2.08. The summed E-state index contributed by atoms with van der Waals surface area (Å²) in [4.78, 5) is 0. The van der Waals surface area contributed by atoms with Crippen molar-refractivity contribution in [2.45, 2.75) is 0 Å². The molecule has 0 N–H and O–H groups in total. The molecular formula is C7H3N5S. The van der Waals surface area contributed by atoms with Crippen molar-refractivity contribution >= 4 is 21.6 Å². The maximum absolute atomic E-state index is 4.02. The summed E-state index contributed by atoms with van der Waals surface area (Å²) in [6.07, 6.45) is 0. The summed E-state index contributed by atoms with van der Waals surface area (Å²) < 4.78 is 1.05. The van der Waals surface area contributed by atoms with Gasteiger partial charge in [-0.05, 0) is 22.7 Å². The third-order valence-electron chi connectivity index (χ3n) is 1.71. The first-order valence-electron chi connectivity index (χ1n) is 3.63. The van der Waals surface area contributed by atoms with Crippen LogP contribution in [0.25, 0.3) is 21.7 Å². The fourth-order valence-corrected chi connectivity index (χ4v) is 1.86. The lowest BCUT2D eigenvalue weighted by atomic mass is 10.4. The molecule has 5 nitrogen and oxygen atoms in total. The Morgan fingerprint density at radius 1 is 1.08 bits per heavy atom. The third-order valence-corrected chi connectivity index (χ3v) is 2.57. The minimum absolute atomic E-state index is 0.489. The second kappa shape index (κ2) is 2.40. The number of thiophene rings is 1. The summed E-state index contributed by atoms with van der Waals surface area (Å²) in [5, 5.41) is 21.0. The van der Waals surface area contributed by atoms with E-state index in [0.29, 0.717) is 11.5 Å². The van der Waals surface area contributed by atoms with E-state index in [-0.39, 0.29) is 0 Å². The van der Waals surface area contributed by atoms with Crippen molar-refractivity contribution in [3.8, 4) is 11.5 Å². The molecule has 3 rings (SSSR count). The molecule has 0 spiro atoms. The van der Waals surface area contributed by atoms with Crippen LogP contribution in [0.5, 0.6) is 0 Å². The van der Waals surface area contributed by atoms with Crippen LogP contribution in [0.4, 0.5) is 0 Å². The molecule has 1 aromatic rings. The minimum atomic E-state index is 0.489. The Hall–Kier alpha value is -1.69. The smallest absolute Gasteiger partial charge is 0.147 e. The van der Waals surface area contributed by atoms with Gasteiger partial charge in [-0.3, -0.25) is 0 Å². The van der Waals surface area contributed by atoms with Gasteiger partial charge in [0.25, 0.3) is 0 Å². The Morgan fingerprint density at radius 2 is 2.08 bits per heavy atom. The van der Waals surface area contributed by atoms with Crippen LogP contribution in [-0.2, 0) is 0 Å². The van der Waals surface area contributed by atoms with Crippen LogP contribution in [0.1, 0.15) is 0 Å². The molecule has 13 heavy (non-hydrogen) atoms. The number of rotatable bonds is 0. The quantitative estimate of drug-likeness (QED) is 0.527. The van der Waals surface area contributed by atoms with Gasteiger partial charge in [0.1, 0.15) is 11.2 Å². The van der Waals surface area contributed by atoms with Crippen molar-refractivity contribution < 1.29 is 0 Å². The van der Waals surface area contributed by atoms with Gasteiger partial charge < -0.3 is 0 Å². The Labute approximate surface area is 76.8 Å². The van der Waals surface area contributed by atoms with Gasteiger partial charge in [-0.25, -0.2) is 0 Å². The first-order valence-corrected chi connectivity index (χ1v) is 4.51. The summed E-state index contributed by atoms with van der Waals surface area (Å²) in [6.45, 7) is 0. The Bertz CT molecular complexity index is 533. The zero-order chi connectivity index (χ0) is 8.67. The summed E-state index contributed by atoms with van der Waals surface area (Å²) in [5.41, 5.74) is 1.55. The van der Waals surface area contributed by atoms with E-state index >= 15 is 0 Å². The van der Waals surface area contributed by atoms with Gasteiger partial charge >= 0.3 is 0 Å². The van der Waals surface area contributed by atoms with Gasteiger partial charge in [-0.1, -0.05) is 0 Å². The molecule has 0 fully saturated rings. The lowest BCUT2D eigenvalue weighted by Crippen LogP contribution is -1.79. The van der Waals surface area contributed by atoms with Crippen molar-refractivity contribution in [2.75, 3.05) is 0 Å². The highest BCUT2D eigenvalue weighted by Crippen LogP contribution is 2.21. The highest BCUT2D eigenvalue weighted by atomic mass is 32.1. The molecule has 0 amide bonds. The fraction of sp³-hybridized carbons (Fsp3) is 0. The molecule has 0 bridgehead atoms. The van der Waals surface area contributed by atoms with E-state index in [1.54, 1.807) is 11.3 Å². The van der Waals surface area contributed by atoms with E-state index in [1.165, 1.54) is 0 Å². The fourth-order valence-electron chi connectivity index (χ4n) is 1.10. The predicted octanol–water partition coefficient (Wildman–Crippen LogP) is 0.981. The zero-order valence-corrected chi connectivity index (χ0v) is 7.19. The molecule has 0 unspecified atom stereocenters. The number of fused-ring (bicyclic) bond motifs is 2. The zero-order valence-electron chi connectivity index (χ0n) is 6.38. The number of aromatic nitrogens is 5. The van der Waals surface area contributed by atoms with E-state index in [9.17, 15) is 0 Å². The predicted molar refractivity (Wildman–Crippen MR) is 47.4 cm³/mol. The molecule has 0 radical (unpaired) electrons. The molecule has 2 aliphatic heterocycles. The van der Waals surface area contributed by atoms with Crippen molar-refractivity contribution in [2.24, 2.45) is 0 Å². The van der Waals surface area contributed by atoms with E-state index in [2.05, 4.69) is 25.6 Å². The van der Waals surface area contributed by atoms with Gasteiger partial charge in [0.2, 0.25) is 5.82 Å². The lowest BCUT2D eigenvalue weighted by molar-refractivity contribution is 0.935. The second-order valence-corrected chi connectivity index (χ2v) is 3.46. The van der Waals surface area contributed by atoms with Crippen molar-refractivity contribution in [1.82, 2.24) is 25.6 Å². The van der Waals surface area contributed by atoms with E-state index in [1.807, 2.05) is 17.5 Å². The summed E-state index contributed by atoms with van der Waals surface area (Å²) in [7, 11) is 0. The molecule has 2 aliphatic rings. The molecular weight excluding hydrogens is 186 g/mol. The largest absolute Gasteiger partial charge is 0.225 e. The first kappa shape index (κ1) is 6.79. The summed E-state index contributed by atoms with van der Waals surface area (Å²) in [6, 6.07) is 3.81. The molecule has 0 aromatic carbocycles. The van der Waals surface area contributed by atoms with E-state index in [4.69, 9.17) is 0 Å². The maximum atomic E-state index is 4.02. The SMILES string of the molecule is c1cc2nnc3nnnc-3cc2s1. The van der Waals surface area contributed by atoms with Crippen LogP contribution in [0.2, 0.25) is 0 Å². The molecule has 6 heteroatoms. The molecule has 0 aliphatic carbocycles. The summed E-state index contributed by atoms with van der Waals surface area (Å²) >= 11 is 1.60. The molecule has 3 heterocycles. The van der Waals surface area contributed by atoms with Crippen molar-refractivity contribution in [1.29, 1.82) is 0 Å². The standard InChI is InChI=1S/C7H3N5S/c1-2-13-6-3-5-7(11-12-9-5)10-8-4(1)6/h1-3H. The molecule has 0 atom stereocenters. The molecule has 0 saturated carbocycles. The van der Waals surface area contributed by atoms with Gasteiger partial charge in [-0.15, -0.1) is 31.7 Å². The normalized spacial score (nSPS) is 11.1. The second-order valence-electron chi connectivity index (χ2n) is 2.51. The average Bonchev–Trinajstić information content (AvgIpc) is 2.72. The van der Waals surface area contributed by atoms with Gasteiger partial charge in [-0.2, -0.15) is 0 Å². The van der Waals surface area contributed by atoms with Crippen LogP contribution in [0, 0.1) is 0 Å². The average molecular weight is 189 g/mol. The van der Waals surface area contributed by atoms with Gasteiger partial charge in [0, 0.05) is 0 Å². The molecule has 62 valence electrons. The van der Waals surface area contributed by atoms with E-state index < -0.39 is 0 Å². The van der Waals surface area contributed by atoms with Crippen LogP contribution in [-0.4, -0.2) is 25.6 Å². The van der Waals surface area contributed by atoms with E-state index in [0.717, 1.165) is 10.2 Å². The maximum Gasteiger partial charge on any atom is 0.225 e. The molecule has 0 saturated heterocycles. The Kier molecular flexibility index (Phi) is 1.25. The van der Waals surface area contributed by atoms with Gasteiger partial charge in [0.05, 0.1) is 4.70 Å². The highest BCUT2D eigenvalue weighted by molar-refractivity contribution is 7.17. The lowest BCUT2D eigenvalue weighted by Gasteiger charge is -1.77. The minimum Gasteiger partial charge on any atom is -0.147 e. The van der Waals surface area contributed by atoms with Crippen molar-refractivity contribution in [3.05, 3.63) is 17.5 Å². The monoisotopic (exact) mass is 189 g/mol. The first-order chi connectivity index (χ1) is 6.43. The summed E-state index contributed by atoms with van der Waals surface area (Å²) in [5.74, 6) is 0.489. The Morgan fingerprint density at radius 3 is 3.08 bits per heavy atom. The number of nitrogens with zero attached hydrogens (tertiary/aromatic N) is 5. The number of hydrogen-bond donors (Lipinski definition) is 0. The van der Waals surface area contributed by atoms with Gasteiger partial charge in [0.15, 0.2) is 0 Å². The third kappa shape index (κ3) is 0.955.